The second-order valence-corrected chi connectivity index (χ2v) is 6.85. The van der Waals surface area contributed by atoms with Crippen molar-refractivity contribution in [3.63, 3.8) is 0 Å². The molecule has 1 atom stereocenters. The molecule has 23 heavy (non-hydrogen) atoms. The third kappa shape index (κ3) is 5.82. The van der Waals surface area contributed by atoms with E-state index in [1.54, 1.807) is 0 Å². The van der Waals surface area contributed by atoms with Gasteiger partial charge in [-0.15, -0.1) is 12.4 Å². The summed E-state index contributed by atoms with van der Waals surface area (Å²) in [6.07, 6.45) is 2.90. The van der Waals surface area contributed by atoms with E-state index in [0.717, 1.165) is 38.4 Å². The third-order valence-electron chi connectivity index (χ3n) is 4.89. The number of likely N-dealkylation sites (tertiary alicyclic amines) is 1. The lowest BCUT2D eigenvalue weighted by molar-refractivity contribution is -0.133. The van der Waals surface area contributed by atoms with Crippen LogP contribution in [0.2, 0.25) is 0 Å². The van der Waals surface area contributed by atoms with Gasteiger partial charge in [-0.05, 0) is 49.8 Å². The summed E-state index contributed by atoms with van der Waals surface area (Å²) in [4.78, 5) is 14.7. The molecule has 0 bridgehead atoms. The van der Waals surface area contributed by atoms with Crippen LogP contribution in [0.5, 0.6) is 0 Å². The van der Waals surface area contributed by atoms with Gasteiger partial charge in [-0.3, -0.25) is 4.79 Å². The maximum Gasteiger partial charge on any atom is 0.223 e. The zero-order valence-corrected chi connectivity index (χ0v) is 15.4. The summed E-state index contributed by atoms with van der Waals surface area (Å²) >= 11 is 0. The SMILES string of the molecule is CNCC1CCN(C(=O)CC(c2ccccc2)C(C)C)CC1.Cl. The molecule has 1 unspecified atom stereocenters. The van der Waals surface area contributed by atoms with Crippen LogP contribution in [0, 0.1) is 11.8 Å². The van der Waals surface area contributed by atoms with E-state index < -0.39 is 0 Å². The summed E-state index contributed by atoms with van der Waals surface area (Å²) < 4.78 is 0. The van der Waals surface area contributed by atoms with Crippen molar-refractivity contribution in [2.75, 3.05) is 26.7 Å². The first kappa shape index (κ1) is 20.0. The predicted octanol–water partition coefficient (Wildman–Crippen LogP) is 3.70. The largest absolute Gasteiger partial charge is 0.343 e. The fourth-order valence-corrected chi connectivity index (χ4v) is 3.43. The summed E-state index contributed by atoms with van der Waals surface area (Å²) in [6.45, 7) is 7.34. The summed E-state index contributed by atoms with van der Waals surface area (Å²) in [5.74, 6) is 1.85. The number of carbonyl (C=O) groups excluding carboxylic acids is 1. The number of carbonyl (C=O) groups is 1. The van der Waals surface area contributed by atoms with Crippen LogP contribution >= 0.6 is 12.4 Å². The Hall–Kier alpha value is -1.06. The highest BCUT2D eigenvalue weighted by molar-refractivity contribution is 5.85. The van der Waals surface area contributed by atoms with E-state index in [1.807, 2.05) is 13.1 Å². The molecule has 0 spiro atoms. The number of rotatable bonds is 6. The van der Waals surface area contributed by atoms with Gasteiger partial charge in [-0.2, -0.15) is 0 Å². The van der Waals surface area contributed by atoms with E-state index >= 15 is 0 Å². The molecule has 2 rings (SSSR count). The highest BCUT2D eigenvalue weighted by Gasteiger charge is 2.26. The number of nitrogens with zero attached hydrogens (tertiary/aromatic N) is 1. The highest BCUT2D eigenvalue weighted by atomic mass is 35.5. The summed E-state index contributed by atoms with van der Waals surface area (Å²) in [7, 11) is 2.00. The minimum atomic E-state index is 0. The highest BCUT2D eigenvalue weighted by Crippen LogP contribution is 2.29. The Balaban J connectivity index is 0.00000264. The molecule has 0 radical (unpaired) electrons. The van der Waals surface area contributed by atoms with Gasteiger partial charge in [0.2, 0.25) is 5.91 Å². The Kier molecular flexibility index (Phi) is 8.64. The Labute approximate surface area is 147 Å². The average molecular weight is 339 g/mol. The van der Waals surface area contributed by atoms with Crippen molar-refractivity contribution < 1.29 is 4.79 Å². The topological polar surface area (TPSA) is 32.3 Å². The molecule has 1 aliphatic heterocycles. The molecule has 1 aliphatic rings. The van der Waals surface area contributed by atoms with Gasteiger partial charge in [0.1, 0.15) is 0 Å². The van der Waals surface area contributed by atoms with Crippen LogP contribution < -0.4 is 5.32 Å². The number of halogens is 1. The smallest absolute Gasteiger partial charge is 0.223 e. The van der Waals surface area contributed by atoms with E-state index in [0.29, 0.717) is 24.2 Å². The van der Waals surface area contributed by atoms with Crippen LogP contribution in [0.15, 0.2) is 30.3 Å². The van der Waals surface area contributed by atoms with Crippen LogP contribution in [-0.4, -0.2) is 37.5 Å². The molecule has 1 N–H and O–H groups in total. The molecule has 1 heterocycles. The minimum absolute atomic E-state index is 0. The molecule has 3 nitrogen and oxygen atoms in total. The van der Waals surface area contributed by atoms with Crippen molar-refractivity contribution in [2.45, 2.75) is 39.0 Å². The zero-order valence-electron chi connectivity index (χ0n) is 14.6. The molecule has 1 fully saturated rings. The first-order chi connectivity index (χ1) is 10.6. The molecular formula is C19H31ClN2O. The Morgan fingerprint density at radius 3 is 2.35 bits per heavy atom. The molecule has 1 saturated heterocycles. The van der Waals surface area contributed by atoms with Crippen LogP contribution in [0.1, 0.15) is 44.6 Å². The van der Waals surface area contributed by atoms with Crippen LogP contribution in [0.3, 0.4) is 0 Å². The van der Waals surface area contributed by atoms with Crippen LogP contribution in [-0.2, 0) is 4.79 Å². The number of nitrogens with one attached hydrogen (secondary N) is 1. The van der Waals surface area contributed by atoms with Crippen molar-refractivity contribution in [1.29, 1.82) is 0 Å². The third-order valence-corrected chi connectivity index (χ3v) is 4.89. The summed E-state index contributed by atoms with van der Waals surface area (Å²) in [5, 5.41) is 3.25. The predicted molar refractivity (Wildman–Crippen MR) is 99.1 cm³/mol. The fraction of sp³-hybridized carbons (Fsp3) is 0.632. The van der Waals surface area contributed by atoms with Gasteiger partial charge in [-0.1, -0.05) is 44.2 Å². The summed E-state index contributed by atoms with van der Waals surface area (Å²) in [6, 6.07) is 10.5. The number of amides is 1. The van der Waals surface area contributed by atoms with Gasteiger partial charge >= 0.3 is 0 Å². The fourth-order valence-electron chi connectivity index (χ4n) is 3.43. The van der Waals surface area contributed by atoms with Gasteiger partial charge in [0.05, 0.1) is 0 Å². The van der Waals surface area contributed by atoms with Gasteiger partial charge in [0.25, 0.3) is 0 Å². The van der Waals surface area contributed by atoms with E-state index in [-0.39, 0.29) is 12.4 Å². The molecule has 1 aromatic rings. The van der Waals surface area contributed by atoms with Crippen molar-refractivity contribution >= 4 is 18.3 Å². The first-order valence-corrected chi connectivity index (χ1v) is 8.59. The van der Waals surface area contributed by atoms with Gasteiger partial charge in [-0.25, -0.2) is 0 Å². The second-order valence-electron chi connectivity index (χ2n) is 6.85. The molecule has 0 aromatic heterocycles. The maximum atomic E-state index is 12.7. The number of hydrogen-bond donors (Lipinski definition) is 1. The van der Waals surface area contributed by atoms with Gasteiger partial charge in [0, 0.05) is 19.5 Å². The molecule has 130 valence electrons. The quantitative estimate of drug-likeness (QED) is 0.857. The number of benzene rings is 1. The van der Waals surface area contributed by atoms with E-state index in [9.17, 15) is 4.79 Å². The second kappa shape index (κ2) is 9.94. The van der Waals surface area contributed by atoms with Crippen molar-refractivity contribution in [2.24, 2.45) is 11.8 Å². The van der Waals surface area contributed by atoms with Crippen LogP contribution in [0.4, 0.5) is 0 Å². The molecular weight excluding hydrogens is 308 g/mol. The van der Waals surface area contributed by atoms with Gasteiger partial charge in [0.15, 0.2) is 0 Å². The summed E-state index contributed by atoms with van der Waals surface area (Å²) in [5.41, 5.74) is 1.29. The van der Waals surface area contributed by atoms with Crippen molar-refractivity contribution in [1.82, 2.24) is 10.2 Å². The van der Waals surface area contributed by atoms with Crippen LogP contribution in [0.25, 0.3) is 0 Å². The van der Waals surface area contributed by atoms with E-state index in [1.165, 1.54) is 5.56 Å². The van der Waals surface area contributed by atoms with Crippen molar-refractivity contribution in [3.05, 3.63) is 35.9 Å². The lowest BCUT2D eigenvalue weighted by atomic mass is 9.85. The lowest BCUT2D eigenvalue weighted by Crippen LogP contribution is -2.41. The Bertz CT molecular complexity index is 456. The standard InChI is InChI=1S/C19H30N2O.ClH/c1-15(2)18(17-7-5-4-6-8-17)13-19(22)21-11-9-16(10-12-21)14-20-3;/h4-8,15-16,18,20H,9-14H2,1-3H3;1H. The first-order valence-electron chi connectivity index (χ1n) is 8.59. The maximum absolute atomic E-state index is 12.7. The molecule has 1 amide bonds. The van der Waals surface area contributed by atoms with E-state index in [2.05, 4.69) is 48.3 Å². The Morgan fingerprint density at radius 1 is 1.22 bits per heavy atom. The Morgan fingerprint density at radius 2 is 1.83 bits per heavy atom. The zero-order chi connectivity index (χ0) is 15.9. The molecule has 0 aliphatic carbocycles. The number of piperidine rings is 1. The monoisotopic (exact) mass is 338 g/mol. The minimum Gasteiger partial charge on any atom is -0.343 e. The number of hydrogen-bond acceptors (Lipinski definition) is 2. The molecule has 4 heteroatoms. The van der Waals surface area contributed by atoms with Crippen molar-refractivity contribution in [3.8, 4) is 0 Å². The normalized spacial score (nSPS) is 17.0. The van der Waals surface area contributed by atoms with Gasteiger partial charge < -0.3 is 10.2 Å². The lowest BCUT2D eigenvalue weighted by Gasteiger charge is -2.33. The molecule has 0 saturated carbocycles. The average Bonchev–Trinajstić information content (AvgIpc) is 2.54. The molecule has 1 aromatic carbocycles. The van der Waals surface area contributed by atoms with E-state index in [4.69, 9.17) is 0 Å².